The van der Waals surface area contributed by atoms with E-state index in [0.717, 1.165) is 57.8 Å². The van der Waals surface area contributed by atoms with Crippen molar-refractivity contribution in [3.8, 4) is 0 Å². The second-order valence-electron chi connectivity index (χ2n) is 14.0. The Hall–Kier alpha value is -1.47. The molecule has 0 aromatic heterocycles. The monoisotopic (exact) mass is 744 g/mol. The van der Waals surface area contributed by atoms with Crippen molar-refractivity contribution in [2.45, 2.75) is 206 Å². The highest BCUT2D eigenvalue weighted by atomic mass is 31.2. The minimum absolute atomic E-state index is 0.0518. The third-order valence-corrected chi connectivity index (χ3v) is 9.91. The number of nitrogens with two attached hydrogens (primary N) is 1. The summed E-state index contributed by atoms with van der Waals surface area (Å²) in [5.74, 6) is -0.842. The summed E-state index contributed by atoms with van der Waals surface area (Å²) in [6.07, 6.45) is 35.9. The maximum absolute atomic E-state index is 12.5. The molecule has 0 radical (unpaired) electrons. The van der Waals surface area contributed by atoms with Gasteiger partial charge in [-0.25, -0.2) is 4.57 Å². The fourth-order valence-electron chi connectivity index (χ4n) is 5.79. The van der Waals surface area contributed by atoms with Gasteiger partial charge < -0.3 is 20.1 Å². The molecule has 2 atom stereocenters. The summed E-state index contributed by atoms with van der Waals surface area (Å²) in [7, 11) is -4.37. The topological polar surface area (TPSA) is 134 Å². The molecule has 0 amide bonds. The van der Waals surface area contributed by atoms with E-state index in [4.69, 9.17) is 24.3 Å². The van der Waals surface area contributed by atoms with Gasteiger partial charge in [0.1, 0.15) is 6.61 Å². The number of rotatable bonds is 39. The van der Waals surface area contributed by atoms with Crippen LogP contribution in [-0.4, -0.2) is 49.3 Å². The molecule has 0 aromatic carbocycles. The second-order valence-corrected chi connectivity index (χ2v) is 15.4. The van der Waals surface area contributed by atoms with Crippen molar-refractivity contribution in [1.82, 2.24) is 0 Å². The van der Waals surface area contributed by atoms with E-state index in [0.29, 0.717) is 6.42 Å². The maximum Gasteiger partial charge on any atom is 0.472 e. The van der Waals surface area contributed by atoms with Crippen LogP contribution in [0.25, 0.3) is 0 Å². The van der Waals surface area contributed by atoms with Crippen LogP contribution in [0.3, 0.4) is 0 Å². The van der Waals surface area contributed by atoms with E-state index in [1.165, 1.54) is 109 Å². The van der Waals surface area contributed by atoms with Crippen LogP contribution in [0, 0.1) is 0 Å². The summed E-state index contributed by atoms with van der Waals surface area (Å²) >= 11 is 0. The number of carbonyl (C=O) groups is 2. The van der Waals surface area contributed by atoms with Crippen LogP contribution >= 0.6 is 7.82 Å². The van der Waals surface area contributed by atoms with Crippen molar-refractivity contribution in [2.75, 3.05) is 26.4 Å². The van der Waals surface area contributed by atoms with Gasteiger partial charge >= 0.3 is 19.8 Å². The first-order chi connectivity index (χ1) is 24.8. The molecule has 0 saturated carbocycles. The molecule has 0 spiro atoms. The van der Waals surface area contributed by atoms with Crippen molar-refractivity contribution >= 4 is 19.8 Å². The highest BCUT2D eigenvalue weighted by molar-refractivity contribution is 7.47. The van der Waals surface area contributed by atoms with Gasteiger partial charge in [-0.1, -0.05) is 149 Å². The van der Waals surface area contributed by atoms with Crippen LogP contribution in [0.15, 0.2) is 17.9 Å². The number of ether oxygens (including phenoxy) is 2. The predicted molar refractivity (Wildman–Crippen MR) is 210 cm³/mol. The van der Waals surface area contributed by atoms with Gasteiger partial charge in [0.25, 0.3) is 0 Å². The highest BCUT2D eigenvalue weighted by Gasteiger charge is 2.26. The van der Waals surface area contributed by atoms with Crippen molar-refractivity contribution in [3.05, 3.63) is 17.9 Å². The van der Waals surface area contributed by atoms with Gasteiger partial charge in [-0.15, -0.1) is 5.73 Å². The largest absolute Gasteiger partial charge is 0.472 e. The number of phosphoric ester groups is 1. The van der Waals surface area contributed by atoms with E-state index >= 15 is 0 Å². The zero-order valence-corrected chi connectivity index (χ0v) is 33.8. The molecular weight excluding hydrogens is 665 g/mol. The molecule has 0 aromatic rings. The molecule has 1 unspecified atom stereocenters. The molecule has 10 heteroatoms. The third kappa shape index (κ3) is 38.1. The average Bonchev–Trinajstić information content (AvgIpc) is 3.11. The Morgan fingerprint density at radius 1 is 0.608 bits per heavy atom. The van der Waals surface area contributed by atoms with Crippen molar-refractivity contribution in [2.24, 2.45) is 5.73 Å². The molecule has 0 aliphatic heterocycles. The van der Waals surface area contributed by atoms with Crippen LogP contribution in [0.2, 0.25) is 0 Å². The van der Waals surface area contributed by atoms with Crippen LogP contribution < -0.4 is 5.73 Å². The van der Waals surface area contributed by atoms with Gasteiger partial charge in [0.05, 0.1) is 13.2 Å². The predicted octanol–water partition coefficient (Wildman–Crippen LogP) is 11.6. The Kier molecular flexibility index (Phi) is 37.2. The summed E-state index contributed by atoms with van der Waals surface area (Å²) in [4.78, 5) is 34.8. The lowest BCUT2D eigenvalue weighted by Gasteiger charge is -2.19. The molecule has 0 saturated heterocycles. The normalized spacial score (nSPS) is 12.9. The lowest BCUT2D eigenvalue weighted by Crippen LogP contribution is -2.29. The summed E-state index contributed by atoms with van der Waals surface area (Å²) in [6.45, 7) is 3.71. The Morgan fingerprint density at radius 2 is 1.02 bits per heavy atom. The number of allylic oxidation sites excluding steroid dienone is 1. The van der Waals surface area contributed by atoms with E-state index < -0.39 is 26.5 Å². The standard InChI is InChI=1S/C41H78NO8P/c1-3-5-7-9-11-13-15-17-19-21-23-25-27-29-31-33-40(43)47-37-39(38-49-51(45,46)48-36-35-42)50-41(44)34-32-30-28-26-24-22-20-18-16-14-12-10-8-6-4-2/h16,20,39H,3-15,17,19,21-38,42H2,1-2H3,(H,45,46)/t18?,39-/m1/s1. The zero-order valence-electron chi connectivity index (χ0n) is 32.9. The minimum atomic E-state index is -4.37. The Labute approximate surface area is 312 Å². The fourth-order valence-corrected chi connectivity index (χ4v) is 6.55. The number of unbranched alkanes of at least 4 members (excludes halogenated alkanes) is 24. The van der Waals surface area contributed by atoms with Crippen LogP contribution in [-0.2, 0) is 32.7 Å². The molecule has 51 heavy (non-hydrogen) atoms. The van der Waals surface area contributed by atoms with Crippen LogP contribution in [0.5, 0.6) is 0 Å². The van der Waals surface area contributed by atoms with Crippen molar-refractivity contribution in [1.29, 1.82) is 0 Å². The lowest BCUT2D eigenvalue weighted by atomic mass is 10.0. The van der Waals surface area contributed by atoms with Gasteiger partial charge in [0.15, 0.2) is 6.10 Å². The molecule has 0 heterocycles. The second kappa shape index (κ2) is 38.3. The Morgan fingerprint density at radius 3 is 1.47 bits per heavy atom. The molecule has 3 N–H and O–H groups in total. The first kappa shape index (κ1) is 49.5. The third-order valence-electron chi connectivity index (χ3n) is 8.93. The molecule has 9 nitrogen and oxygen atoms in total. The number of phosphoric acid groups is 1. The number of hydrogen-bond donors (Lipinski definition) is 2. The van der Waals surface area contributed by atoms with Gasteiger partial charge in [0.2, 0.25) is 0 Å². The van der Waals surface area contributed by atoms with Gasteiger partial charge in [0, 0.05) is 19.4 Å². The first-order valence-electron chi connectivity index (χ1n) is 20.9. The van der Waals surface area contributed by atoms with Crippen molar-refractivity contribution in [3.63, 3.8) is 0 Å². The molecule has 0 fully saturated rings. The quantitative estimate of drug-likeness (QED) is 0.0273. The molecule has 0 bridgehead atoms. The summed E-state index contributed by atoms with van der Waals surface area (Å²) in [5, 5.41) is 0. The van der Waals surface area contributed by atoms with Crippen LogP contribution in [0.4, 0.5) is 0 Å². The SMILES string of the molecule is CCCCCCCC=C=CCCCCCCCC(=O)O[C@H](COC(=O)CCCCCCCCCCCCCCCCC)COP(=O)(O)OCCN. The smallest absolute Gasteiger partial charge is 0.462 e. The van der Waals surface area contributed by atoms with Gasteiger partial charge in [-0.2, -0.15) is 0 Å². The number of hydrogen-bond acceptors (Lipinski definition) is 8. The molecular formula is C41H78NO8P. The molecule has 300 valence electrons. The van der Waals surface area contributed by atoms with E-state index in [1.54, 1.807) is 0 Å². The summed E-state index contributed by atoms with van der Waals surface area (Å²) in [6, 6.07) is 0. The number of esters is 2. The van der Waals surface area contributed by atoms with E-state index in [-0.39, 0.29) is 38.6 Å². The van der Waals surface area contributed by atoms with Gasteiger partial charge in [-0.05, 0) is 50.7 Å². The first-order valence-corrected chi connectivity index (χ1v) is 22.4. The molecule has 0 rings (SSSR count). The fraction of sp³-hybridized carbons (Fsp3) is 0.878. The maximum atomic E-state index is 12.5. The minimum Gasteiger partial charge on any atom is -0.462 e. The van der Waals surface area contributed by atoms with Crippen molar-refractivity contribution < 1.29 is 37.6 Å². The van der Waals surface area contributed by atoms with E-state index in [1.807, 2.05) is 0 Å². The van der Waals surface area contributed by atoms with Gasteiger partial charge in [-0.3, -0.25) is 18.6 Å². The summed E-state index contributed by atoms with van der Waals surface area (Å²) < 4.78 is 32.7. The summed E-state index contributed by atoms with van der Waals surface area (Å²) in [5.41, 5.74) is 8.63. The number of carbonyl (C=O) groups excluding carboxylic acids is 2. The van der Waals surface area contributed by atoms with Crippen LogP contribution in [0.1, 0.15) is 200 Å². The highest BCUT2D eigenvalue weighted by Crippen LogP contribution is 2.43. The Bertz CT molecular complexity index is 908. The molecule has 0 aliphatic carbocycles. The lowest BCUT2D eigenvalue weighted by molar-refractivity contribution is -0.161. The average molecular weight is 744 g/mol. The Balaban J connectivity index is 4.19. The van der Waals surface area contributed by atoms with E-state index in [2.05, 4.69) is 31.7 Å². The molecule has 0 aliphatic rings. The van der Waals surface area contributed by atoms with E-state index in [9.17, 15) is 19.0 Å². The zero-order chi connectivity index (χ0) is 37.5.